The van der Waals surface area contributed by atoms with Crippen molar-refractivity contribution in [1.29, 1.82) is 0 Å². The van der Waals surface area contributed by atoms with Crippen LogP contribution in [-0.4, -0.2) is 44.2 Å². The maximum Gasteiger partial charge on any atom is 0.256 e. The van der Waals surface area contributed by atoms with Crippen LogP contribution >= 0.6 is 11.8 Å². The fourth-order valence-electron chi connectivity index (χ4n) is 3.94. The molecule has 0 saturated carbocycles. The van der Waals surface area contributed by atoms with Crippen LogP contribution in [0.2, 0.25) is 0 Å². The molecule has 0 aliphatic carbocycles. The van der Waals surface area contributed by atoms with Gasteiger partial charge in [-0.05, 0) is 62.1 Å². The van der Waals surface area contributed by atoms with Crippen molar-refractivity contribution >= 4 is 38.9 Å². The molecule has 2 saturated heterocycles. The highest BCUT2D eigenvalue weighted by Crippen LogP contribution is 2.33. The van der Waals surface area contributed by atoms with Gasteiger partial charge in [-0.15, -0.1) is 11.8 Å². The lowest BCUT2D eigenvalue weighted by Crippen LogP contribution is -2.18. The molecule has 2 aliphatic heterocycles. The van der Waals surface area contributed by atoms with Gasteiger partial charge in [0.05, 0.1) is 17.1 Å². The van der Waals surface area contributed by atoms with E-state index in [9.17, 15) is 13.2 Å². The number of aryl methyl sites for hydroxylation is 1. The molecule has 2 aromatic carbocycles. The number of nitrogens with zero attached hydrogens (tertiary/aromatic N) is 1. The minimum Gasteiger partial charge on any atom is -0.372 e. The van der Waals surface area contributed by atoms with Crippen LogP contribution < -0.4 is 10.2 Å². The van der Waals surface area contributed by atoms with Gasteiger partial charge >= 0.3 is 0 Å². The second kappa shape index (κ2) is 8.40. The third kappa shape index (κ3) is 4.78. The van der Waals surface area contributed by atoms with Crippen molar-refractivity contribution in [3.8, 4) is 0 Å². The van der Waals surface area contributed by atoms with Gasteiger partial charge < -0.3 is 10.2 Å². The zero-order valence-electron chi connectivity index (χ0n) is 16.6. The van der Waals surface area contributed by atoms with Gasteiger partial charge in [0.15, 0.2) is 9.84 Å². The second-order valence-corrected chi connectivity index (χ2v) is 11.4. The van der Waals surface area contributed by atoms with Crippen LogP contribution in [0.3, 0.4) is 0 Å². The van der Waals surface area contributed by atoms with Crippen LogP contribution in [0.5, 0.6) is 0 Å². The van der Waals surface area contributed by atoms with Gasteiger partial charge in [0.2, 0.25) is 0 Å². The Morgan fingerprint density at radius 3 is 2.59 bits per heavy atom. The van der Waals surface area contributed by atoms with E-state index in [1.54, 1.807) is 6.07 Å². The van der Waals surface area contributed by atoms with E-state index < -0.39 is 9.84 Å². The number of sulfone groups is 1. The van der Waals surface area contributed by atoms with E-state index in [4.69, 9.17) is 0 Å². The number of carbonyl (C=O) groups is 1. The molecule has 7 heteroatoms. The van der Waals surface area contributed by atoms with E-state index in [1.807, 2.05) is 31.2 Å². The number of rotatable bonds is 5. The molecule has 29 heavy (non-hydrogen) atoms. The summed E-state index contributed by atoms with van der Waals surface area (Å²) in [4.78, 5) is 16.2. The predicted molar refractivity (Wildman–Crippen MR) is 120 cm³/mol. The molecule has 154 valence electrons. The molecule has 1 amide bonds. The van der Waals surface area contributed by atoms with E-state index in [1.165, 1.54) is 30.3 Å². The molecule has 0 aromatic heterocycles. The monoisotopic (exact) mass is 430 g/mol. The minimum atomic E-state index is -2.94. The van der Waals surface area contributed by atoms with Gasteiger partial charge in [0, 0.05) is 34.6 Å². The molecule has 2 heterocycles. The third-order valence-corrected chi connectivity index (χ3v) is 8.87. The van der Waals surface area contributed by atoms with Gasteiger partial charge in [-0.2, -0.15) is 0 Å². The Kier molecular flexibility index (Phi) is 5.88. The van der Waals surface area contributed by atoms with Crippen molar-refractivity contribution in [1.82, 2.24) is 0 Å². The molecular weight excluding hydrogens is 404 g/mol. The molecule has 2 aliphatic rings. The molecular formula is C22H26N2O3S2. The topological polar surface area (TPSA) is 66.5 Å². The van der Waals surface area contributed by atoms with Gasteiger partial charge in [-0.1, -0.05) is 12.1 Å². The molecule has 0 radical (unpaired) electrons. The van der Waals surface area contributed by atoms with Crippen LogP contribution in [0, 0.1) is 6.92 Å². The number of thioether (sulfide) groups is 1. The second-order valence-electron chi connectivity index (χ2n) is 7.79. The number of hydrogen-bond donors (Lipinski definition) is 1. The molecule has 4 rings (SSSR count). The summed E-state index contributed by atoms with van der Waals surface area (Å²) >= 11 is 1.50. The van der Waals surface area contributed by atoms with Crippen LogP contribution in [-0.2, 0) is 9.84 Å². The first-order chi connectivity index (χ1) is 13.9. The lowest BCUT2D eigenvalue weighted by Gasteiger charge is -2.19. The first kappa shape index (κ1) is 20.3. The number of anilines is 2. The molecule has 0 bridgehead atoms. The average Bonchev–Trinajstić information content (AvgIpc) is 3.33. The van der Waals surface area contributed by atoms with E-state index in [-0.39, 0.29) is 22.7 Å². The summed E-state index contributed by atoms with van der Waals surface area (Å²) in [6.07, 6.45) is 3.10. The average molecular weight is 431 g/mol. The Hall–Kier alpha value is -1.99. The first-order valence-corrected chi connectivity index (χ1v) is 12.7. The summed E-state index contributed by atoms with van der Waals surface area (Å²) in [5.41, 5.74) is 3.64. The van der Waals surface area contributed by atoms with Crippen molar-refractivity contribution in [2.75, 3.05) is 34.8 Å². The Morgan fingerprint density at radius 2 is 1.90 bits per heavy atom. The summed E-state index contributed by atoms with van der Waals surface area (Å²) in [6, 6.07) is 13.6. The minimum absolute atomic E-state index is 0.00966. The smallest absolute Gasteiger partial charge is 0.256 e. The highest BCUT2D eigenvalue weighted by atomic mass is 32.2. The molecule has 0 unspecified atom stereocenters. The van der Waals surface area contributed by atoms with Gasteiger partial charge in [0.1, 0.15) is 0 Å². The van der Waals surface area contributed by atoms with E-state index >= 15 is 0 Å². The molecule has 0 spiro atoms. The van der Waals surface area contributed by atoms with Crippen LogP contribution in [0.1, 0.15) is 35.2 Å². The fraction of sp³-hybridized carbons (Fsp3) is 0.409. The van der Waals surface area contributed by atoms with Crippen molar-refractivity contribution < 1.29 is 13.2 Å². The van der Waals surface area contributed by atoms with Crippen LogP contribution in [0.15, 0.2) is 47.4 Å². The van der Waals surface area contributed by atoms with E-state index in [0.717, 1.165) is 29.2 Å². The molecule has 2 aromatic rings. The van der Waals surface area contributed by atoms with Gasteiger partial charge in [-0.3, -0.25) is 4.79 Å². The predicted octanol–water partition coefficient (Wildman–Crippen LogP) is 4.13. The van der Waals surface area contributed by atoms with Gasteiger partial charge in [-0.25, -0.2) is 8.42 Å². The summed E-state index contributed by atoms with van der Waals surface area (Å²) in [6.45, 7) is 4.19. The van der Waals surface area contributed by atoms with Crippen molar-refractivity contribution in [3.05, 3.63) is 53.6 Å². The highest BCUT2D eigenvalue weighted by Gasteiger charge is 2.29. The highest BCUT2D eigenvalue weighted by molar-refractivity contribution is 8.02. The Bertz CT molecular complexity index is 1010. The number of benzene rings is 2. The van der Waals surface area contributed by atoms with Crippen molar-refractivity contribution in [2.45, 2.75) is 36.3 Å². The number of hydrogen-bond acceptors (Lipinski definition) is 5. The summed E-state index contributed by atoms with van der Waals surface area (Å²) in [7, 11) is -2.94. The van der Waals surface area contributed by atoms with E-state index in [0.29, 0.717) is 12.0 Å². The number of amides is 1. The van der Waals surface area contributed by atoms with Crippen LogP contribution in [0.4, 0.5) is 11.4 Å². The Morgan fingerprint density at radius 1 is 1.14 bits per heavy atom. The first-order valence-electron chi connectivity index (χ1n) is 10.0. The lowest BCUT2D eigenvalue weighted by molar-refractivity contribution is 0.102. The Labute approximate surface area is 176 Å². The molecule has 5 nitrogen and oxygen atoms in total. The largest absolute Gasteiger partial charge is 0.372 e. The number of carbonyl (C=O) groups excluding carboxylic acids is 1. The SMILES string of the molecule is Cc1cc(N2CCCC2)ccc1NC(=O)c1ccccc1S[C@@H]1CCS(=O)(=O)C1. The summed E-state index contributed by atoms with van der Waals surface area (Å²) in [5.74, 6) is 0.262. The molecule has 2 fully saturated rings. The zero-order chi connectivity index (χ0) is 20.4. The number of nitrogens with one attached hydrogen (secondary N) is 1. The van der Waals surface area contributed by atoms with Crippen LogP contribution in [0.25, 0.3) is 0 Å². The quantitative estimate of drug-likeness (QED) is 0.773. The van der Waals surface area contributed by atoms with Crippen molar-refractivity contribution in [3.63, 3.8) is 0 Å². The molecule has 1 N–H and O–H groups in total. The Balaban J connectivity index is 1.49. The normalized spacial score (nSPS) is 20.7. The summed E-state index contributed by atoms with van der Waals surface area (Å²) in [5, 5.41) is 3.05. The third-order valence-electron chi connectivity index (χ3n) is 5.55. The maximum absolute atomic E-state index is 13.0. The standard InChI is InChI=1S/C22H26N2O3S2/c1-16-14-17(24-11-4-5-12-24)8-9-20(16)23-22(25)19-6-2-3-7-21(19)28-18-10-13-29(26,27)15-18/h2-3,6-9,14,18H,4-5,10-13,15H2,1H3,(H,23,25)/t18-/m1/s1. The maximum atomic E-state index is 13.0. The van der Waals surface area contributed by atoms with Gasteiger partial charge in [0.25, 0.3) is 5.91 Å². The molecule has 1 atom stereocenters. The fourth-order valence-corrected chi connectivity index (χ4v) is 7.57. The van der Waals surface area contributed by atoms with Crippen molar-refractivity contribution in [2.24, 2.45) is 0 Å². The lowest BCUT2D eigenvalue weighted by atomic mass is 10.1. The zero-order valence-corrected chi connectivity index (χ0v) is 18.2. The summed E-state index contributed by atoms with van der Waals surface area (Å²) < 4.78 is 23.5. The van der Waals surface area contributed by atoms with E-state index in [2.05, 4.69) is 22.3 Å².